The van der Waals surface area contributed by atoms with Gasteiger partial charge in [0, 0.05) is 7.11 Å². The van der Waals surface area contributed by atoms with Crippen molar-refractivity contribution in [3.8, 4) is 5.82 Å². The maximum absolute atomic E-state index is 4.91. The predicted octanol–water partition coefficient (Wildman–Crippen LogP) is -0.401. The third-order valence-electron chi connectivity index (χ3n) is 1.58. The second kappa shape index (κ2) is 3.88. The number of nitrogens with zero attached hydrogens (tertiary/aromatic N) is 6. The molecule has 0 aliphatic carbocycles. The Balaban J connectivity index is 2.22. The number of hydrogen-bond donors (Lipinski definition) is 0. The molecule has 2 aromatic rings. The predicted molar refractivity (Wildman–Crippen MR) is 45.5 cm³/mol. The summed E-state index contributed by atoms with van der Waals surface area (Å²) in [5.74, 6) is 0.579. The molecule has 14 heavy (non-hydrogen) atoms. The van der Waals surface area contributed by atoms with E-state index in [1.807, 2.05) is 6.07 Å². The van der Waals surface area contributed by atoms with Crippen LogP contribution in [0.15, 0.2) is 18.5 Å². The maximum atomic E-state index is 4.91. The largest absolute Gasteiger partial charge is 0.378 e. The summed E-state index contributed by atoms with van der Waals surface area (Å²) in [6, 6.07) is 3.59. The Bertz CT molecular complexity index is 383. The lowest BCUT2D eigenvalue weighted by atomic mass is 10.4. The van der Waals surface area contributed by atoms with Crippen molar-refractivity contribution in [2.24, 2.45) is 0 Å². The Morgan fingerprint density at radius 1 is 1.36 bits per heavy atom. The Morgan fingerprint density at radius 3 is 2.86 bits per heavy atom. The zero-order chi connectivity index (χ0) is 9.80. The third-order valence-corrected chi connectivity index (χ3v) is 1.58. The first-order valence-corrected chi connectivity index (χ1v) is 3.95. The minimum absolute atomic E-state index is 0.447. The van der Waals surface area contributed by atoms with Crippen molar-refractivity contribution in [1.29, 1.82) is 0 Å². The average molecular weight is 192 g/mol. The first-order chi connectivity index (χ1) is 6.90. The van der Waals surface area contributed by atoms with Crippen LogP contribution in [0.5, 0.6) is 0 Å². The first kappa shape index (κ1) is 8.70. The molecule has 0 N–H and O–H groups in total. The van der Waals surface area contributed by atoms with E-state index in [9.17, 15) is 0 Å². The second-order valence-electron chi connectivity index (χ2n) is 2.57. The van der Waals surface area contributed by atoms with Gasteiger partial charge in [0.25, 0.3) is 0 Å². The fraction of sp³-hybridized carbons (Fsp3) is 0.286. The molecular weight excluding hydrogens is 184 g/mol. The van der Waals surface area contributed by atoms with E-state index in [1.54, 1.807) is 13.2 Å². The maximum Gasteiger partial charge on any atom is 0.179 e. The summed E-state index contributed by atoms with van der Waals surface area (Å²) in [4.78, 5) is 0. The number of hydrogen-bond acceptors (Lipinski definition) is 6. The van der Waals surface area contributed by atoms with Gasteiger partial charge in [-0.05, 0) is 22.6 Å². The Kier molecular flexibility index (Phi) is 2.41. The highest BCUT2D eigenvalue weighted by Crippen LogP contribution is 2.00. The second-order valence-corrected chi connectivity index (χ2v) is 2.57. The van der Waals surface area contributed by atoms with E-state index >= 15 is 0 Å². The highest BCUT2D eigenvalue weighted by molar-refractivity contribution is 5.18. The molecule has 0 aliphatic rings. The average Bonchev–Trinajstić information content (AvgIpc) is 2.72. The fourth-order valence-electron chi connectivity index (χ4n) is 0.966. The highest BCUT2D eigenvalue weighted by atomic mass is 16.5. The van der Waals surface area contributed by atoms with Crippen LogP contribution in [0.25, 0.3) is 5.82 Å². The summed E-state index contributed by atoms with van der Waals surface area (Å²) in [6.07, 6.45) is 1.46. The van der Waals surface area contributed by atoms with E-state index in [0.29, 0.717) is 12.4 Å². The molecule has 0 spiro atoms. The van der Waals surface area contributed by atoms with Gasteiger partial charge in [-0.1, -0.05) is 0 Å². The lowest BCUT2D eigenvalue weighted by Gasteiger charge is -1.99. The van der Waals surface area contributed by atoms with Crippen molar-refractivity contribution >= 4 is 0 Å². The zero-order valence-corrected chi connectivity index (χ0v) is 7.53. The molecular formula is C7H8N6O. The Morgan fingerprint density at radius 2 is 2.29 bits per heavy atom. The zero-order valence-electron chi connectivity index (χ0n) is 7.53. The Hall–Kier alpha value is -1.89. The van der Waals surface area contributed by atoms with E-state index in [2.05, 4.69) is 25.7 Å². The number of methoxy groups -OCH3 is 1. The molecule has 0 atom stereocenters. The van der Waals surface area contributed by atoms with E-state index in [-0.39, 0.29) is 0 Å². The van der Waals surface area contributed by atoms with Gasteiger partial charge in [0.1, 0.15) is 6.33 Å². The normalized spacial score (nSPS) is 10.4. The van der Waals surface area contributed by atoms with E-state index < -0.39 is 0 Å². The molecule has 0 bridgehead atoms. The van der Waals surface area contributed by atoms with Crippen LogP contribution in [0, 0.1) is 0 Å². The van der Waals surface area contributed by atoms with Gasteiger partial charge in [-0.25, -0.2) is 0 Å². The van der Waals surface area contributed by atoms with Gasteiger partial charge >= 0.3 is 0 Å². The van der Waals surface area contributed by atoms with Crippen molar-refractivity contribution in [3.05, 3.63) is 24.2 Å². The monoisotopic (exact) mass is 192 g/mol. The Labute approximate surface area is 79.7 Å². The van der Waals surface area contributed by atoms with E-state index in [0.717, 1.165) is 5.69 Å². The molecule has 0 aliphatic heterocycles. The molecule has 0 unspecified atom stereocenters. The van der Waals surface area contributed by atoms with Gasteiger partial charge in [0.05, 0.1) is 12.3 Å². The molecule has 0 fully saturated rings. The topological polar surface area (TPSA) is 78.6 Å². The number of aromatic nitrogens is 6. The molecule has 0 amide bonds. The van der Waals surface area contributed by atoms with Gasteiger partial charge in [-0.15, -0.1) is 10.2 Å². The van der Waals surface area contributed by atoms with Crippen LogP contribution >= 0.6 is 0 Å². The molecule has 0 radical (unpaired) electrons. The van der Waals surface area contributed by atoms with Crippen LogP contribution < -0.4 is 0 Å². The van der Waals surface area contributed by atoms with Crippen LogP contribution in [0.4, 0.5) is 0 Å². The van der Waals surface area contributed by atoms with Gasteiger partial charge in [-0.3, -0.25) is 0 Å². The minimum atomic E-state index is 0.447. The molecule has 7 nitrogen and oxygen atoms in total. The van der Waals surface area contributed by atoms with Gasteiger partial charge in [0.2, 0.25) is 0 Å². The van der Waals surface area contributed by atoms with Crippen molar-refractivity contribution in [3.63, 3.8) is 0 Å². The van der Waals surface area contributed by atoms with Gasteiger partial charge < -0.3 is 4.74 Å². The molecule has 0 saturated carbocycles. The van der Waals surface area contributed by atoms with E-state index in [4.69, 9.17) is 4.74 Å². The number of tetrazole rings is 1. The molecule has 2 rings (SSSR count). The lowest BCUT2D eigenvalue weighted by molar-refractivity contribution is 0.180. The lowest BCUT2D eigenvalue weighted by Crippen LogP contribution is -2.02. The van der Waals surface area contributed by atoms with E-state index in [1.165, 1.54) is 11.0 Å². The number of ether oxygens (including phenoxy) is 1. The van der Waals surface area contributed by atoms with Crippen LogP contribution in [0.1, 0.15) is 5.69 Å². The van der Waals surface area contributed by atoms with Crippen LogP contribution in [0.3, 0.4) is 0 Å². The van der Waals surface area contributed by atoms with Crippen molar-refractivity contribution in [2.45, 2.75) is 6.61 Å². The molecule has 72 valence electrons. The van der Waals surface area contributed by atoms with Crippen LogP contribution in [-0.2, 0) is 11.3 Å². The minimum Gasteiger partial charge on any atom is -0.378 e. The van der Waals surface area contributed by atoms with Gasteiger partial charge in [-0.2, -0.15) is 9.78 Å². The third kappa shape index (κ3) is 1.72. The smallest absolute Gasteiger partial charge is 0.179 e. The molecule has 0 aromatic carbocycles. The molecule has 0 saturated heterocycles. The molecule has 2 aromatic heterocycles. The van der Waals surface area contributed by atoms with Crippen molar-refractivity contribution < 1.29 is 4.74 Å². The summed E-state index contributed by atoms with van der Waals surface area (Å²) < 4.78 is 6.34. The standard InChI is InChI=1S/C7H8N6O/c1-14-4-6-2-3-7(10-9-6)13-5-8-11-12-13/h2-3,5H,4H2,1H3. The summed E-state index contributed by atoms with van der Waals surface area (Å²) in [5, 5.41) is 18.5. The van der Waals surface area contributed by atoms with Crippen LogP contribution in [-0.4, -0.2) is 37.5 Å². The molecule has 7 heteroatoms. The quantitative estimate of drug-likeness (QED) is 0.658. The summed E-state index contributed by atoms with van der Waals surface area (Å²) in [7, 11) is 1.61. The van der Waals surface area contributed by atoms with Gasteiger partial charge in [0.15, 0.2) is 5.82 Å². The van der Waals surface area contributed by atoms with Crippen molar-refractivity contribution in [1.82, 2.24) is 30.4 Å². The highest BCUT2D eigenvalue weighted by Gasteiger charge is 2.00. The summed E-state index contributed by atoms with van der Waals surface area (Å²) in [5.41, 5.74) is 0.768. The van der Waals surface area contributed by atoms with Crippen molar-refractivity contribution in [2.75, 3.05) is 7.11 Å². The van der Waals surface area contributed by atoms with Crippen LogP contribution in [0.2, 0.25) is 0 Å². The summed E-state index contributed by atoms with van der Waals surface area (Å²) in [6.45, 7) is 0.447. The summed E-state index contributed by atoms with van der Waals surface area (Å²) >= 11 is 0. The first-order valence-electron chi connectivity index (χ1n) is 3.95. The molecule has 2 heterocycles. The SMILES string of the molecule is COCc1ccc(-n2cnnn2)nn1. The number of rotatable bonds is 3. The fourth-order valence-corrected chi connectivity index (χ4v) is 0.966.